The van der Waals surface area contributed by atoms with E-state index in [-0.39, 0.29) is 11.2 Å². The molecule has 1 amide bonds. The van der Waals surface area contributed by atoms with Gasteiger partial charge in [0.05, 0.1) is 11.5 Å². The highest BCUT2D eigenvalue weighted by Gasteiger charge is 2.12. The molecule has 3 aromatic carbocycles. The van der Waals surface area contributed by atoms with Crippen molar-refractivity contribution < 1.29 is 9.53 Å². The first kappa shape index (κ1) is 20.7. The van der Waals surface area contributed by atoms with Crippen LogP contribution < -0.4 is 10.2 Å². The van der Waals surface area contributed by atoms with Crippen molar-refractivity contribution in [3.8, 4) is 5.75 Å². The number of amides is 1. The lowest BCUT2D eigenvalue weighted by Gasteiger charge is -2.09. The second kappa shape index (κ2) is 11.1. The average Bonchev–Trinajstić information content (AvgIpc) is 2.78. The Morgan fingerprint density at radius 2 is 1.59 bits per heavy atom. The molecule has 0 aliphatic carbocycles. The molecule has 0 radical (unpaired) electrons. The summed E-state index contributed by atoms with van der Waals surface area (Å²) in [7, 11) is 0. The molecular weight excluding hydrogens is 380 g/mol. The summed E-state index contributed by atoms with van der Waals surface area (Å²) in [5, 5.41) is 3.88. The Kier molecular flexibility index (Phi) is 7.90. The Balaban J connectivity index is 1.41. The summed E-state index contributed by atoms with van der Waals surface area (Å²) in [6.45, 7) is 2.42. The highest BCUT2D eigenvalue weighted by atomic mass is 32.2. The fourth-order valence-electron chi connectivity index (χ4n) is 2.52. The monoisotopic (exact) mass is 404 g/mol. The van der Waals surface area contributed by atoms with Crippen molar-refractivity contribution in [1.29, 1.82) is 0 Å². The summed E-state index contributed by atoms with van der Waals surface area (Å²) in [6.07, 6.45) is 1.63. The molecule has 0 heterocycles. The van der Waals surface area contributed by atoms with E-state index in [2.05, 4.69) is 22.7 Å². The molecule has 0 aliphatic rings. The van der Waals surface area contributed by atoms with E-state index in [4.69, 9.17) is 4.74 Å². The van der Waals surface area contributed by atoms with E-state index in [0.717, 1.165) is 22.6 Å². The van der Waals surface area contributed by atoms with E-state index >= 15 is 0 Å². The van der Waals surface area contributed by atoms with Crippen LogP contribution in [-0.4, -0.2) is 17.4 Å². The van der Waals surface area contributed by atoms with Crippen LogP contribution in [0, 0.1) is 0 Å². The van der Waals surface area contributed by atoms with Crippen LogP contribution in [0.1, 0.15) is 23.6 Å². The smallest absolute Gasteiger partial charge is 0.252 e. The first-order chi connectivity index (χ1) is 14.2. The molecule has 1 N–H and O–H groups in total. The zero-order valence-electron chi connectivity index (χ0n) is 16.3. The number of benzene rings is 3. The standard InChI is InChI=1S/C24H24N2O2S/c1-19(29-18-22-10-6-3-7-11-22)24(27)26-25-16-20-12-14-23(15-13-20)28-17-21-8-4-2-5-9-21/h2-16,19H,17-18H2,1H3,(H,26,27). The third kappa shape index (κ3) is 7.12. The first-order valence-corrected chi connectivity index (χ1v) is 10.5. The molecular formula is C24H24N2O2S. The van der Waals surface area contributed by atoms with Gasteiger partial charge in [0.1, 0.15) is 12.4 Å². The molecule has 1 unspecified atom stereocenters. The van der Waals surface area contributed by atoms with Crippen LogP contribution in [0.2, 0.25) is 0 Å². The van der Waals surface area contributed by atoms with E-state index < -0.39 is 0 Å². The molecule has 0 saturated carbocycles. The zero-order chi connectivity index (χ0) is 20.3. The summed E-state index contributed by atoms with van der Waals surface area (Å²) in [5.74, 6) is 1.48. The van der Waals surface area contributed by atoms with Gasteiger partial charge in [-0.1, -0.05) is 60.7 Å². The van der Waals surface area contributed by atoms with E-state index in [1.807, 2.05) is 79.7 Å². The highest BCUT2D eigenvalue weighted by molar-refractivity contribution is 7.99. The summed E-state index contributed by atoms with van der Waals surface area (Å²) in [6, 6.07) is 27.7. The molecule has 29 heavy (non-hydrogen) atoms. The Hall–Kier alpha value is -3.05. The molecule has 0 spiro atoms. The largest absolute Gasteiger partial charge is 0.489 e. The van der Waals surface area contributed by atoms with Gasteiger partial charge in [0.2, 0.25) is 0 Å². The van der Waals surface area contributed by atoms with Crippen molar-refractivity contribution in [3.05, 3.63) is 102 Å². The van der Waals surface area contributed by atoms with Crippen LogP contribution in [0.15, 0.2) is 90.0 Å². The second-order valence-corrected chi connectivity index (χ2v) is 7.85. The second-order valence-electron chi connectivity index (χ2n) is 6.52. The Morgan fingerprint density at radius 1 is 0.966 bits per heavy atom. The SMILES string of the molecule is CC(SCc1ccccc1)C(=O)NN=Cc1ccc(OCc2ccccc2)cc1. The van der Waals surface area contributed by atoms with Crippen molar-refractivity contribution >= 4 is 23.9 Å². The summed E-state index contributed by atoms with van der Waals surface area (Å²) in [5.41, 5.74) is 5.83. The topological polar surface area (TPSA) is 50.7 Å². The molecule has 148 valence electrons. The van der Waals surface area contributed by atoms with E-state index in [1.54, 1.807) is 18.0 Å². The summed E-state index contributed by atoms with van der Waals surface area (Å²) >= 11 is 1.59. The predicted octanol–water partition coefficient (Wildman–Crippen LogP) is 5.04. The number of hydrazone groups is 1. The van der Waals surface area contributed by atoms with E-state index in [0.29, 0.717) is 6.61 Å². The van der Waals surface area contributed by atoms with Crippen molar-refractivity contribution in [2.45, 2.75) is 24.5 Å². The van der Waals surface area contributed by atoms with Crippen LogP contribution in [0.3, 0.4) is 0 Å². The number of carbonyl (C=O) groups is 1. The normalized spacial score (nSPS) is 11.9. The number of hydrogen-bond acceptors (Lipinski definition) is 4. The summed E-state index contributed by atoms with van der Waals surface area (Å²) < 4.78 is 5.77. The minimum absolute atomic E-state index is 0.106. The number of rotatable bonds is 9. The van der Waals surface area contributed by atoms with Gasteiger partial charge in [0, 0.05) is 5.75 Å². The Bertz CT molecular complexity index is 913. The van der Waals surface area contributed by atoms with Crippen molar-refractivity contribution in [3.63, 3.8) is 0 Å². The Morgan fingerprint density at radius 3 is 2.24 bits per heavy atom. The van der Waals surface area contributed by atoms with Crippen LogP contribution in [0.4, 0.5) is 0 Å². The highest BCUT2D eigenvalue weighted by Crippen LogP contribution is 2.17. The molecule has 0 aromatic heterocycles. The van der Waals surface area contributed by atoms with Gasteiger partial charge in [0.15, 0.2) is 0 Å². The molecule has 0 saturated heterocycles. The van der Waals surface area contributed by atoms with E-state index in [1.165, 1.54) is 5.56 Å². The third-order valence-electron chi connectivity index (χ3n) is 4.23. The lowest BCUT2D eigenvalue weighted by molar-refractivity contribution is -0.120. The molecule has 0 fully saturated rings. The average molecular weight is 405 g/mol. The number of carbonyl (C=O) groups excluding carboxylic acids is 1. The number of hydrogen-bond donors (Lipinski definition) is 1. The maximum atomic E-state index is 12.2. The fraction of sp³-hybridized carbons (Fsp3) is 0.167. The molecule has 4 nitrogen and oxygen atoms in total. The molecule has 3 rings (SSSR count). The number of nitrogens with zero attached hydrogens (tertiary/aromatic N) is 1. The number of ether oxygens (including phenoxy) is 1. The van der Waals surface area contributed by atoms with Gasteiger partial charge in [-0.15, -0.1) is 11.8 Å². The summed E-state index contributed by atoms with van der Waals surface area (Å²) in [4.78, 5) is 12.2. The van der Waals surface area contributed by atoms with Crippen molar-refractivity contribution in [2.75, 3.05) is 0 Å². The molecule has 0 aliphatic heterocycles. The lowest BCUT2D eigenvalue weighted by Crippen LogP contribution is -2.26. The van der Waals surface area contributed by atoms with Gasteiger partial charge in [-0.05, 0) is 47.9 Å². The number of nitrogens with one attached hydrogen (secondary N) is 1. The Labute approximate surface area is 176 Å². The van der Waals surface area contributed by atoms with Gasteiger partial charge < -0.3 is 4.74 Å². The van der Waals surface area contributed by atoms with Crippen LogP contribution in [0.5, 0.6) is 5.75 Å². The van der Waals surface area contributed by atoms with Crippen LogP contribution in [-0.2, 0) is 17.2 Å². The zero-order valence-corrected chi connectivity index (χ0v) is 17.1. The van der Waals surface area contributed by atoms with Gasteiger partial charge in [0.25, 0.3) is 5.91 Å². The third-order valence-corrected chi connectivity index (χ3v) is 5.44. The van der Waals surface area contributed by atoms with Crippen molar-refractivity contribution in [2.24, 2.45) is 5.10 Å². The van der Waals surface area contributed by atoms with Gasteiger partial charge in [-0.2, -0.15) is 5.10 Å². The maximum Gasteiger partial charge on any atom is 0.252 e. The quantitative estimate of drug-likeness (QED) is 0.402. The minimum atomic E-state index is -0.180. The van der Waals surface area contributed by atoms with Crippen LogP contribution >= 0.6 is 11.8 Å². The maximum absolute atomic E-state index is 12.2. The number of thioether (sulfide) groups is 1. The van der Waals surface area contributed by atoms with Gasteiger partial charge in [-0.3, -0.25) is 4.79 Å². The predicted molar refractivity (Wildman–Crippen MR) is 120 cm³/mol. The lowest BCUT2D eigenvalue weighted by atomic mass is 10.2. The van der Waals surface area contributed by atoms with Crippen LogP contribution in [0.25, 0.3) is 0 Å². The molecule has 3 aromatic rings. The van der Waals surface area contributed by atoms with Gasteiger partial charge >= 0.3 is 0 Å². The first-order valence-electron chi connectivity index (χ1n) is 9.46. The molecule has 1 atom stereocenters. The van der Waals surface area contributed by atoms with E-state index in [9.17, 15) is 4.79 Å². The fourth-order valence-corrected chi connectivity index (χ4v) is 3.36. The van der Waals surface area contributed by atoms with Crippen molar-refractivity contribution in [1.82, 2.24) is 5.43 Å². The molecule has 0 bridgehead atoms. The minimum Gasteiger partial charge on any atom is -0.489 e. The molecule has 5 heteroatoms. The van der Waals surface area contributed by atoms with Gasteiger partial charge in [-0.25, -0.2) is 5.43 Å².